The van der Waals surface area contributed by atoms with Gasteiger partial charge < -0.3 is 10.2 Å². The number of carbonyl (C=O) groups is 1. The van der Waals surface area contributed by atoms with Gasteiger partial charge in [-0.1, -0.05) is 55.8 Å². The zero-order valence-electron chi connectivity index (χ0n) is 16.6. The molecule has 6 heteroatoms. The number of hydrogen-bond acceptors (Lipinski definition) is 5. The minimum atomic E-state index is -0.0135. The van der Waals surface area contributed by atoms with Crippen molar-refractivity contribution in [1.82, 2.24) is 19.8 Å². The average molecular weight is 380 g/mol. The van der Waals surface area contributed by atoms with Gasteiger partial charge >= 0.3 is 0 Å². The molecule has 2 aromatic rings. The Kier molecular flexibility index (Phi) is 7.55. The molecule has 1 saturated heterocycles. The molecular weight excluding hydrogens is 350 g/mol. The molecule has 1 fully saturated rings. The Bertz CT molecular complexity index is 770. The average Bonchev–Trinajstić information content (AvgIpc) is 2.75. The van der Waals surface area contributed by atoms with E-state index >= 15 is 0 Å². The summed E-state index contributed by atoms with van der Waals surface area (Å²) in [6.45, 7) is 7.05. The molecule has 0 radical (unpaired) electrons. The highest BCUT2D eigenvalue weighted by Gasteiger charge is 2.22. The largest absolute Gasteiger partial charge is 0.354 e. The summed E-state index contributed by atoms with van der Waals surface area (Å²) in [5, 5.41) is 3.18. The van der Waals surface area contributed by atoms with Crippen molar-refractivity contribution >= 4 is 17.9 Å². The molecule has 0 saturated carbocycles. The normalized spacial score (nSPS) is 15.1. The molecule has 3 rings (SSSR count). The van der Waals surface area contributed by atoms with Crippen LogP contribution in [0.1, 0.15) is 35.8 Å². The van der Waals surface area contributed by atoms with Crippen LogP contribution in [0.5, 0.6) is 0 Å². The van der Waals surface area contributed by atoms with Crippen LogP contribution in [0.15, 0.2) is 48.7 Å². The quantitative estimate of drug-likeness (QED) is 0.714. The molecule has 6 nitrogen and oxygen atoms in total. The molecule has 0 spiro atoms. The van der Waals surface area contributed by atoms with E-state index in [0.717, 1.165) is 52.1 Å². The number of carbonyl (C=O) groups excluding carboxylic acids is 1. The second-order valence-electron chi connectivity index (χ2n) is 6.95. The number of benzene rings is 1. The molecule has 1 aliphatic rings. The summed E-state index contributed by atoms with van der Waals surface area (Å²) in [5.74, 6) is 0.518. The van der Waals surface area contributed by atoms with Gasteiger partial charge in [0.25, 0.3) is 5.91 Å². The third-order valence-electron chi connectivity index (χ3n) is 4.82. The van der Waals surface area contributed by atoms with Crippen LogP contribution in [0.4, 0.5) is 5.95 Å². The van der Waals surface area contributed by atoms with Gasteiger partial charge in [-0.15, -0.1) is 0 Å². The van der Waals surface area contributed by atoms with Crippen LogP contribution in [-0.2, 0) is 0 Å². The van der Waals surface area contributed by atoms with Crippen LogP contribution in [0.3, 0.4) is 0 Å². The molecule has 148 valence electrons. The summed E-state index contributed by atoms with van der Waals surface area (Å²) < 4.78 is 0. The number of amides is 1. The zero-order chi connectivity index (χ0) is 19.6. The fraction of sp³-hybridized carbons (Fsp3) is 0.409. The lowest BCUT2D eigenvalue weighted by Crippen LogP contribution is -2.48. The second kappa shape index (κ2) is 10.6. The lowest BCUT2D eigenvalue weighted by atomic mass is 10.2. The third kappa shape index (κ3) is 5.89. The first-order valence-electron chi connectivity index (χ1n) is 10.1. The predicted octanol–water partition coefficient (Wildman–Crippen LogP) is 3.16. The highest BCUT2D eigenvalue weighted by molar-refractivity contribution is 5.92. The molecule has 1 aromatic carbocycles. The van der Waals surface area contributed by atoms with E-state index in [9.17, 15) is 4.79 Å². The van der Waals surface area contributed by atoms with Crippen molar-refractivity contribution in [2.75, 3.05) is 44.6 Å². The SMILES string of the molecule is CCCCNc1nccc(C(=O)N2CCN(C/C=C/c3ccccc3)CC2)n1. The first kappa shape index (κ1) is 20.0. The fourth-order valence-corrected chi connectivity index (χ4v) is 3.14. The molecule has 1 aliphatic heterocycles. The number of unbranched alkanes of at least 4 members (excludes halogenated alkanes) is 1. The molecule has 28 heavy (non-hydrogen) atoms. The summed E-state index contributed by atoms with van der Waals surface area (Å²) in [5.41, 5.74) is 1.68. The minimum absolute atomic E-state index is 0.0135. The van der Waals surface area contributed by atoms with Gasteiger partial charge in [0.2, 0.25) is 5.95 Å². The topological polar surface area (TPSA) is 61.4 Å². The smallest absolute Gasteiger partial charge is 0.272 e. The number of hydrogen-bond donors (Lipinski definition) is 1. The lowest BCUT2D eigenvalue weighted by molar-refractivity contribution is 0.0644. The first-order valence-corrected chi connectivity index (χ1v) is 10.1. The van der Waals surface area contributed by atoms with Crippen LogP contribution in [0, 0.1) is 0 Å². The predicted molar refractivity (Wildman–Crippen MR) is 113 cm³/mol. The molecular formula is C22H29N5O. The number of nitrogens with one attached hydrogen (secondary N) is 1. The number of nitrogens with zero attached hydrogens (tertiary/aromatic N) is 4. The molecule has 0 aliphatic carbocycles. The maximum absolute atomic E-state index is 12.8. The minimum Gasteiger partial charge on any atom is -0.354 e. The van der Waals surface area contributed by atoms with E-state index in [1.807, 2.05) is 23.1 Å². The van der Waals surface area contributed by atoms with Gasteiger partial charge in [0.1, 0.15) is 5.69 Å². The van der Waals surface area contributed by atoms with E-state index in [1.165, 1.54) is 5.56 Å². The summed E-state index contributed by atoms with van der Waals surface area (Å²) in [6.07, 6.45) is 8.15. The van der Waals surface area contributed by atoms with Gasteiger partial charge in [-0.2, -0.15) is 0 Å². The van der Waals surface area contributed by atoms with E-state index in [2.05, 4.69) is 51.4 Å². The van der Waals surface area contributed by atoms with Crippen LogP contribution in [0.25, 0.3) is 6.08 Å². The molecule has 1 amide bonds. The van der Waals surface area contributed by atoms with Crippen molar-refractivity contribution in [2.24, 2.45) is 0 Å². The zero-order valence-corrected chi connectivity index (χ0v) is 16.6. The lowest BCUT2D eigenvalue weighted by Gasteiger charge is -2.34. The number of anilines is 1. The molecule has 2 heterocycles. The van der Waals surface area contributed by atoms with Gasteiger partial charge in [0, 0.05) is 45.5 Å². The van der Waals surface area contributed by atoms with E-state index in [1.54, 1.807) is 12.3 Å². The van der Waals surface area contributed by atoms with Gasteiger partial charge in [0.05, 0.1) is 0 Å². The van der Waals surface area contributed by atoms with Crippen molar-refractivity contribution < 1.29 is 4.79 Å². The van der Waals surface area contributed by atoms with E-state index in [4.69, 9.17) is 0 Å². The monoisotopic (exact) mass is 379 g/mol. The van der Waals surface area contributed by atoms with Crippen molar-refractivity contribution in [2.45, 2.75) is 19.8 Å². The Morgan fingerprint density at radius 1 is 1.14 bits per heavy atom. The van der Waals surface area contributed by atoms with Crippen LogP contribution in [0.2, 0.25) is 0 Å². The van der Waals surface area contributed by atoms with Gasteiger partial charge in [-0.25, -0.2) is 9.97 Å². The summed E-state index contributed by atoms with van der Waals surface area (Å²) in [7, 11) is 0. The van der Waals surface area contributed by atoms with Gasteiger partial charge in [-0.05, 0) is 18.1 Å². The summed E-state index contributed by atoms with van der Waals surface area (Å²) in [6, 6.07) is 12.0. The Hall–Kier alpha value is -2.73. The maximum atomic E-state index is 12.8. The summed E-state index contributed by atoms with van der Waals surface area (Å²) in [4.78, 5) is 25.6. The summed E-state index contributed by atoms with van der Waals surface area (Å²) >= 11 is 0. The molecule has 1 aromatic heterocycles. The molecule has 0 atom stereocenters. The maximum Gasteiger partial charge on any atom is 0.272 e. The fourth-order valence-electron chi connectivity index (χ4n) is 3.14. The van der Waals surface area contributed by atoms with Gasteiger partial charge in [0.15, 0.2) is 0 Å². The van der Waals surface area contributed by atoms with E-state index < -0.39 is 0 Å². The Morgan fingerprint density at radius 3 is 2.68 bits per heavy atom. The third-order valence-corrected chi connectivity index (χ3v) is 4.82. The van der Waals surface area contributed by atoms with E-state index in [0.29, 0.717) is 11.6 Å². The van der Waals surface area contributed by atoms with Crippen molar-refractivity contribution in [1.29, 1.82) is 0 Å². The van der Waals surface area contributed by atoms with E-state index in [-0.39, 0.29) is 5.91 Å². The van der Waals surface area contributed by atoms with Gasteiger partial charge in [-0.3, -0.25) is 9.69 Å². The van der Waals surface area contributed by atoms with Crippen molar-refractivity contribution in [3.63, 3.8) is 0 Å². The molecule has 0 unspecified atom stereocenters. The Labute approximate surface area is 167 Å². The van der Waals surface area contributed by atoms with Crippen LogP contribution >= 0.6 is 0 Å². The molecule has 0 bridgehead atoms. The molecule has 1 N–H and O–H groups in total. The van der Waals surface area contributed by atoms with Crippen molar-refractivity contribution in [3.05, 3.63) is 59.9 Å². The Balaban J connectivity index is 1.47. The number of rotatable bonds is 8. The standard InChI is InChI=1S/C22H29N5O/c1-2-3-12-23-22-24-13-11-20(25-22)21(28)27-17-15-26(16-18-27)14-7-10-19-8-5-4-6-9-19/h4-11,13H,2-3,12,14-18H2,1H3,(H,23,24,25)/b10-7+. The number of piperazine rings is 1. The highest BCUT2D eigenvalue weighted by Crippen LogP contribution is 2.09. The Morgan fingerprint density at radius 2 is 1.93 bits per heavy atom. The van der Waals surface area contributed by atoms with Crippen LogP contribution in [-0.4, -0.2) is 64.9 Å². The number of aromatic nitrogens is 2. The first-order chi connectivity index (χ1) is 13.8. The van der Waals surface area contributed by atoms with Crippen molar-refractivity contribution in [3.8, 4) is 0 Å². The second-order valence-corrected chi connectivity index (χ2v) is 6.95. The highest BCUT2D eigenvalue weighted by atomic mass is 16.2. The van der Waals surface area contributed by atoms with Crippen LogP contribution < -0.4 is 5.32 Å².